The molecular formula is C27H47ClN2O2. The van der Waals surface area contributed by atoms with Crippen LogP contribution in [0.15, 0.2) is 0 Å². The molecule has 4 aliphatic carbocycles. The van der Waals surface area contributed by atoms with Gasteiger partial charge in [0.25, 0.3) is 0 Å². The van der Waals surface area contributed by atoms with E-state index >= 15 is 0 Å². The zero-order valence-electron chi connectivity index (χ0n) is 20.7. The van der Waals surface area contributed by atoms with E-state index in [-0.39, 0.29) is 24.6 Å². The molecule has 2 saturated heterocycles. The Labute approximate surface area is 201 Å². The first-order chi connectivity index (χ1) is 14.7. The largest absolute Gasteiger partial charge is 0.364 e. The fourth-order valence-corrected chi connectivity index (χ4v) is 10.8. The molecule has 0 spiro atoms. The summed E-state index contributed by atoms with van der Waals surface area (Å²) < 4.78 is 6.70. The van der Waals surface area contributed by atoms with Crippen LogP contribution in [0.2, 0.25) is 0 Å². The Hall–Kier alpha value is 0.130. The topological polar surface area (TPSA) is 67.5 Å². The van der Waals surface area contributed by atoms with E-state index in [9.17, 15) is 5.11 Å². The number of piperidine rings is 1. The number of nitrogens with one attached hydrogen (secondary N) is 1. The minimum absolute atomic E-state index is 0. The van der Waals surface area contributed by atoms with E-state index in [1.807, 2.05) is 0 Å². The van der Waals surface area contributed by atoms with Crippen molar-refractivity contribution in [3.05, 3.63) is 0 Å². The third-order valence-electron chi connectivity index (χ3n) is 12.1. The third kappa shape index (κ3) is 3.15. The quantitative estimate of drug-likeness (QED) is 0.483. The number of halogens is 1. The van der Waals surface area contributed by atoms with Gasteiger partial charge in [-0.05, 0) is 110 Å². The van der Waals surface area contributed by atoms with E-state index in [0.29, 0.717) is 34.6 Å². The van der Waals surface area contributed by atoms with Gasteiger partial charge in [0.2, 0.25) is 0 Å². The molecule has 13 unspecified atom stereocenters. The monoisotopic (exact) mass is 466 g/mol. The van der Waals surface area contributed by atoms with Gasteiger partial charge in [0.05, 0.1) is 12.1 Å². The van der Waals surface area contributed by atoms with E-state index in [1.165, 1.54) is 51.4 Å². The summed E-state index contributed by atoms with van der Waals surface area (Å²) in [6.45, 7) is 10.9. The lowest BCUT2D eigenvalue weighted by Gasteiger charge is -2.62. The lowest BCUT2D eigenvalue weighted by atomic mass is 9.44. The van der Waals surface area contributed by atoms with Gasteiger partial charge in [0.15, 0.2) is 5.79 Å². The maximum atomic E-state index is 11.6. The van der Waals surface area contributed by atoms with Gasteiger partial charge in [-0.1, -0.05) is 27.7 Å². The number of hydrogen-bond acceptors (Lipinski definition) is 4. The molecule has 0 bridgehead atoms. The zero-order chi connectivity index (χ0) is 21.8. The standard InChI is InChI=1S/C27H46N2O2.ClH/c1-15-13-27(30)24(29-14-15)16(2)23-22(31-27)12-21-19-6-5-17-11-18(28)7-9-25(17,3)20(19)8-10-26(21,23)4;/h15-24,29-30H,5-14,28H2,1-4H3;1H. The van der Waals surface area contributed by atoms with Crippen LogP contribution < -0.4 is 11.1 Å². The van der Waals surface area contributed by atoms with Gasteiger partial charge in [-0.15, -0.1) is 12.4 Å². The molecule has 2 aliphatic heterocycles. The zero-order valence-corrected chi connectivity index (χ0v) is 21.5. The molecule has 0 aromatic rings. The SMILES string of the molecule is CC1CNC2C(C)C3C(CC4C5CCC6CC(N)CCC6(C)C5CCC43C)OC2(O)C1.Cl. The summed E-state index contributed by atoms with van der Waals surface area (Å²) in [5.74, 6) is 3.88. The van der Waals surface area contributed by atoms with Crippen molar-refractivity contribution >= 4 is 12.4 Å². The van der Waals surface area contributed by atoms with E-state index < -0.39 is 5.79 Å². The van der Waals surface area contributed by atoms with Crippen LogP contribution in [0.4, 0.5) is 0 Å². The maximum absolute atomic E-state index is 11.6. The second-order valence-electron chi connectivity index (χ2n) is 13.6. The van der Waals surface area contributed by atoms with E-state index in [4.69, 9.17) is 10.5 Å². The second-order valence-corrected chi connectivity index (χ2v) is 13.6. The van der Waals surface area contributed by atoms with Gasteiger partial charge in [-0.3, -0.25) is 0 Å². The Morgan fingerprint density at radius 1 is 0.969 bits per heavy atom. The summed E-state index contributed by atoms with van der Waals surface area (Å²) in [7, 11) is 0. The van der Waals surface area contributed by atoms with Crippen molar-refractivity contribution in [1.82, 2.24) is 5.32 Å². The lowest BCUT2D eigenvalue weighted by Crippen LogP contribution is -2.68. The average Bonchev–Trinajstić information content (AvgIpc) is 2.99. The van der Waals surface area contributed by atoms with Crippen molar-refractivity contribution in [1.29, 1.82) is 0 Å². The summed E-state index contributed by atoms with van der Waals surface area (Å²) >= 11 is 0. The molecule has 0 amide bonds. The Kier molecular flexibility index (Phi) is 5.83. The summed E-state index contributed by atoms with van der Waals surface area (Å²) in [4.78, 5) is 0. The summed E-state index contributed by atoms with van der Waals surface area (Å²) in [6.07, 6.45) is 11.5. The fourth-order valence-electron chi connectivity index (χ4n) is 10.8. The first kappa shape index (κ1) is 23.9. The molecule has 6 rings (SSSR count). The molecule has 184 valence electrons. The molecule has 0 radical (unpaired) electrons. The second kappa shape index (κ2) is 7.82. The smallest absolute Gasteiger partial charge is 0.181 e. The number of aliphatic hydroxyl groups is 1. The highest BCUT2D eigenvalue weighted by atomic mass is 35.5. The predicted octanol–water partition coefficient (Wildman–Crippen LogP) is 4.73. The Bertz CT molecular complexity index is 736. The number of fused-ring (bicyclic) bond motifs is 8. The van der Waals surface area contributed by atoms with Crippen molar-refractivity contribution in [2.24, 2.45) is 58.0 Å². The molecule has 4 saturated carbocycles. The number of ether oxygens (including phenoxy) is 1. The molecule has 13 atom stereocenters. The van der Waals surface area contributed by atoms with Crippen LogP contribution in [0.5, 0.6) is 0 Å². The number of rotatable bonds is 0. The summed E-state index contributed by atoms with van der Waals surface area (Å²) in [5.41, 5.74) is 7.27. The van der Waals surface area contributed by atoms with Crippen LogP contribution in [0.25, 0.3) is 0 Å². The highest BCUT2D eigenvalue weighted by Crippen LogP contribution is 2.69. The van der Waals surface area contributed by atoms with Crippen LogP contribution in [0.1, 0.15) is 85.5 Å². The van der Waals surface area contributed by atoms with Gasteiger partial charge in [-0.2, -0.15) is 0 Å². The highest BCUT2D eigenvalue weighted by Gasteiger charge is 2.67. The average molecular weight is 467 g/mol. The fraction of sp³-hybridized carbons (Fsp3) is 1.00. The Morgan fingerprint density at radius 2 is 1.72 bits per heavy atom. The Morgan fingerprint density at radius 3 is 2.50 bits per heavy atom. The highest BCUT2D eigenvalue weighted by molar-refractivity contribution is 5.85. The summed E-state index contributed by atoms with van der Waals surface area (Å²) in [6, 6.07) is 0.525. The molecule has 32 heavy (non-hydrogen) atoms. The minimum atomic E-state index is -0.968. The van der Waals surface area contributed by atoms with Gasteiger partial charge >= 0.3 is 0 Å². The van der Waals surface area contributed by atoms with Gasteiger partial charge < -0.3 is 20.9 Å². The van der Waals surface area contributed by atoms with Crippen LogP contribution in [0, 0.1) is 52.3 Å². The molecular weight excluding hydrogens is 420 g/mol. The van der Waals surface area contributed by atoms with Crippen LogP contribution >= 0.6 is 12.4 Å². The van der Waals surface area contributed by atoms with E-state index in [0.717, 1.165) is 36.6 Å². The molecule has 6 fully saturated rings. The first-order valence-corrected chi connectivity index (χ1v) is 13.5. The van der Waals surface area contributed by atoms with Crippen LogP contribution in [-0.4, -0.2) is 35.6 Å². The minimum Gasteiger partial charge on any atom is -0.364 e. The summed E-state index contributed by atoms with van der Waals surface area (Å²) in [5, 5.41) is 15.3. The van der Waals surface area contributed by atoms with Gasteiger partial charge in [0.1, 0.15) is 0 Å². The van der Waals surface area contributed by atoms with Crippen molar-refractivity contribution in [3.63, 3.8) is 0 Å². The third-order valence-corrected chi connectivity index (χ3v) is 12.1. The maximum Gasteiger partial charge on any atom is 0.181 e. The van der Waals surface area contributed by atoms with Gasteiger partial charge in [-0.25, -0.2) is 0 Å². The van der Waals surface area contributed by atoms with Crippen LogP contribution in [0.3, 0.4) is 0 Å². The number of hydrogen-bond donors (Lipinski definition) is 3. The van der Waals surface area contributed by atoms with E-state index in [2.05, 4.69) is 33.0 Å². The molecule has 0 aromatic carbocycles. The normalized spacial score (nSPS) is 61.3. The number of nitrogens with two attached hydrogens (primary N) is 1. The van der Waals surface area contributed by atoms with E-state index in [1.54, 1.807) is 0 Å². The van der Waals surface area contributed by atoms with Crippen molar-refractivity contribution in [3.8, 4) is 0 Å². The molecule has 4 nitrogen and oxygen atoms in total. The molecule has 4 N–H and O–H groups in total. The molecule has 5 heteroatoms. The lowest BCUT2D eigenvalue weighted by molar-refractivity contribution is -0.310. The van der Waals surface area contributed by atoms with Crippen molar-refractivity contribution in [2.75, 3.05) is 6.54 Å². The first-order valence-electron chi connectivity index (χ1n) is 13.5. The Balaban J connectivity index is 0.00000216. The predicted molar refractivity (Wildman–Crippen MR) is 130 cm³/mol. The van der Waals surface area contributed by atoms with Crippen molar-refractivity contribution in [2.45, 2.75) is 109 Å². The van der Waals surface area contributed by atoms with Gasteiger partial charge in [0, 0.05) is 12.5 Å². The molecule has 6 aliphatic rings. The molecule has 2 heterocycles. The van der Waals surface area contributed by atoms with Crippen LogP contribution in [-0.2, 0) is 4.74 Å². The van der Waals surface area contributed by atoms with Crippen molar-refractivity contribution < 1.29 is 9.84 Å². The molecule has 0 aromatic heterocycles.